The summed E-state index contributed by atoms with van der Waals surface area (Å²) in [6.07, 6.45) is 5.09. The molecule has 0 radical (unpaired) electrons. The van der Waals surface area contributed by atoms with E-state index in [0.29, 0.717) is 12.4 Å². The third-order valence-corrected chi connectivity index (χ3v) is 5.20. The van der Waals surface area contributed by atoms with Crippen LogP contribution in [0.4, 0.5) is 4.39 Å². The first-order chi connectivity index (χ1) is 13.3. The smallest absolute Gasteiger partial charge is 0.240 e. The van der Waals surface area contributed by atoms with E-state index in [0.717, 1.165) is 43.6 Å². The molecule has 0 spiro atoms. The van der Waals surface area contributed by atoms with Crippen LogP contribution < -0.4 is 0 Å². The zero-order chi connectivity index (χ0) is 18.5. The van der Waals surface area contributed by atoms with E-state index < -0.39 is 0 Å². The molecular formula is C22H24FN3O. The molecule has 1 saturated heterocycles. The number of halogens is 1. The van der Waals surface area contributed by atoms with Crippen molar-refractivity contribution in [3.63, 3.8) is 0 Å². The molecule has 0 bridgehead atoms. The van der Waals surface area contributed by atoms with Crippen LogP contribution in [-0.4, -0.2) is 21.6 Å². The van der Waals surface area contributed by atoms with E-state index in [4.69, 9.17) is 4.52 Å². The van der Waals surface area contributed by atoms with Gasteiger partial charge in [0.15, 0.2) is 5.82 Å². The van der Waals surface area contributed by atoms with Gasteiger partial charge in [-0.05, 0) is 49.1 Å². The summed E-state index contributed by atoms with van der Waals surface area (Å²) in [5.74, 6) is 1.22. The van der Waals surface area contributed by atoms with Gasteiger partial charge in [-0.3, -0.25) is 4.90 Å². The van der Waals surface area contributed by atoms with E-state index in [9.17, 15) is 4.39 Å². The number of benzene rings is 2. The summed E-state index contributed by atoms with van der Waals surface area (Å²) in [6.45, 7) is 1.63. The quantitative estimate of drug-likeness (QED) is 0.634. The van der Waals surface area contributed by atoms with Crippen LogP contribution >= 0.6 is 0 Å². The number of aromatic nitrogens is 2. The van der Waals surface area contributed by atoms with Gasteiger partial charge in [0.05, 0.1) is 6.54 Å². The lowest BCUT2D eigenvalue weighted by Crippen LogP contribution is -2.33. The molecule has 0 saturated carbocycles. The molecule has 1 aliphatic heterocycles. The second-order valence-electron chi connectivity index (χ2n) is 7.12. The monoisotopic (exact) mass is 365 g/mol. The molecule has 1 fully saturated rings. The van der Waals surface area contributed by atoms with Crippen LogP contribution in [0.3, 0.4) is 0 Å². The fourth-order valence-electron chi connectivity index (χ4n) is 3.77. The molecule has 3 aromatic rings. The van der Waals surface area contributed by atoms with Crippen molar-refractivity contribution in [1.29, 1.82) is 0 Å². The zero-order valence-corrected chi connectivity index (χ0v) is 15.4. The van der Waals surface area contributed by atoms with Gasteiger partial charge in [0.2, 0.25) is 5.89 Å². The molecule has 27 heavy (non-hydrogen) atoms. The summed E-state index contributed by atoms with van der Waals surface area (Å²) in [5.41, 5.74) is 2.43. The Balaban J connectivity index is 1.40. The number of aryl methyl sites for hydroxylation is 2. The molecule has 0 amide bonds. The molecule has 4 nitrogen and oxygen atoms in total. The molecule has 0 aliphatic carbocycles. The van der Waals surface area contributed by atoms with Gasteiger partial charge in [0.25, 0.3) is 0 Å². The number of likely N-dealkylation sites (tertiary alicyclic amines) is 1. The number of piperidine rings is 1. The van der Waals surface area contributed by atoms with Gasteiger partial charge >= 0.3 is 0 Å². The van der Waals surface area contributed by atoms with E-state index in [1.165, 1.54) is 24.1 Å². The largest absolute Gasteiger partial charge is 0.338 e. The average molecular weight is 365 g/mol. The number of hydrogen-bond donors (Lipinski definition) is 0. The Labute approximate surface area is 159 Å². The summed E-state index contributed by atoms with van der Waals surface area (Å²) in [5, 5.41) is 4.14. The van der Waals surface area contributed by atoms with E-state index in [1.807, 2.05) is 30.3 Å². The van der Waals surface area contributed by atoms with Gasteiger partial charge in [-0.2, -0.15) is 4.98 Å². The molecule has 0 unspecified atom stereocenters. The van der Waals surface area contributed by atoms with E-state index in [-0.39, 0.29) is 11.9 Å². The number of nitrogens with zero attached hydrogens (tertiary/aromatic N) is 3. The Morgan fingerprint density at radius 2 is 1.81 bits per heavy atom. The number of rotatable bonds is 6. The zero-order valence-electron chi connectivity index (χ0n) is 15.4. The van der Waals surface area contributed by atoms with Crippen molar-refractivity contribution in [3.8, 4) is 0 Å². The SMILES string of the molecule is Fc1ccc([C@@H]2CCCCN2Cc2nc(CCc3ccccc3)no2)cc1. The molecular weight excluding hydrogens is 341 g/mol. The fraction of sp³-hybridized carbons (Fsp3) is 0.364. The molecule has 2 aromatic carbocycles. The van der Waals surface area contributed by atoms with Crippen LogP contribution in [0, 0.1) is 5.82 Å². The summed E-state index contributed by atoms with van der Waals surface area (Å²) in [4.78, 5) is 6.95. The van der Waals surface area contributed by atoms with Gasteiger partial charge in [-0.1, -0.05) is 54.0 Å². The first kappa shape index (κ1) is 17.9. The lowest BCUT2D eigenvalue weighted by Gasteiger charge is -2.35. The molecule has 0 N–H and O–H groups in total. The highest BCUT2D eigenvalue weighted by molar-refractivity contribution is 5.20. The Morgan fingerprint density at radius 3 is 2.63 bits per heavy atom. The first-order valence-electron chi connectivity index (χ1n) is 9.63. The molecule has 1 atom stereocenters. The predicted molar refractivity (Wildman–Crippen MR) is 102 cm³/mol. The third kappa shape index (κ3) is 4.61. The Bertz CT molecular complexity index is 848. The topological polar surface area (TPSA) is 42.2 Å². The Kier molecular flexibility index (Phi) is 5.58. The van der Waals surface area contributed by atoms with Gasteiger partial charge in [0.1, 0.15) is 5.82 Å². The van der Waals surface area contributed by atoms with Crippen molar-refractivity contribution >= 4 is 0 Å². The van der Waals surface area contributed by atoms with Crippen LogP contribution in [-0.2, 0) is 19.4 Å². The van der Waals surface area contributed by atoms with Crippen molar-refractivity contribution in [2.45, 2.75) is 44.7 Å². The second-order valence-corrected chi connectivity index (χ2v) is 7.12. The lowest BCUT2D eigenvalue weighted by atomic mass is 9.95. The highest BCUT2D eigenvalue weighted by Crippen LogP contribution is 2.32. The molecule has 140 valence electrons. The van der Waals surface area contributed by atoms with Crippen molar-refractivity contribution in [1.82, 2.24) is 15.0 Å². The van der Waals surface area contributed by atoms with E-state index in [1.54, 1.807) is 0 Å². The highest BCUT2D eigenvalue weighted by Gasteiger charge is 2.25. The summed E-state index contributed by atoms with van der Waals surface area (Å²) < 4.78 is 18.7. The van der Waals surface area contributed by atoms with Crippen molar-refractivity contribution < 1.29 is 8.91 Å². The molecule has 2 heterocycles. The third-order valence-electron chi connectivity index (χ3n) is 5.20. The summed E-state index contributed by atoms with van der Waals surface area (Å²) in [7, 11) is 0. The van der Waals surface area contributed by atoms with Gasteiger partial charge < -0.3 is 4.52 Å². The first-order valence-corrected chi connectivity index (χ1v) is 9.63. The fourth-order valence-corrected chi connectivity index (χ4v) is 3.77. The van der Waals surface area contributed by atoms with Crippen molar-refractivity contribution in [2.24, 2.45) is 0 Å². The van der Waals surface area contributed by atoms with Crippen LogP contribution in [0.15, 0.2) is 59.1 Å². The van der Waals surface area contributed by atoms with E-state index >= 15 is 0 Å². The molecule has 5 heteroatoms. The van der Waals surface area contributed by atoms with E-state index in [2.05, 4.69) is 27.2 Å². The Morgan fingerprint density at radius 1 is 1.00 bits per heavy atom. The molecule has 1 aliphatic rings. The standard InChI is InChI=1S/C22H24FN3O/c23-19-12-10-18(11-13-19)20-8-4-5-15-26(20)16-22-24-21(25-27-22)14-9-17-6-2-1-3-7-17/h1-3,6-7,10-13,20H,4-5,8-9,14-16H2/t20-/m0/s1. The van der Waals surface area contributed by atoms with Crippen LogP contribution in [0.2, 0.25) is 0 Å². The maximum atomic E-state index is 13.2. The lowest BCUT2D eigenvalue weighted by molar-refractivity contribution is 0.124. The summed E-state index contributed by atoms with van der Waals surface area (Å²) >= 11 is 0. The Hall–Kier alpha value is -2.53. The molecule has 4 rings (SSSR count). The predicted octanol–water partition coefficient (Wildman–Crippen LogP) is 4.72. The van der Waals surface area contributed by atoms with Crippen LogP contribution in [0.25, 0.3) is 0 Å². The minimum Gasteiger partial charge on any atom is -0.338 e. The number of hydrogen-bond acceptors (Lipinski definition) is 4. The second kappa shape index (κ2) is 8.44. The van der Waals surface area contributed by atoms with Gasteiger partial charge in [0, 0.05) is 12.5 Å². The van der Waals surface area contributed by atoms with Crippen molar-refractivity contribution in [3.05, 3.63) is 83.3 Å². The molecule has 1 aromatic heterocycles. The van der Waals surface area contributed by atoms with Gasteiger partial charge in [-0.15, -0.1) is 0 Å². The minimum atomic E-state index is -0.193. The highest BCUT2D eigenvalue weighted by atomic mass is 19.1. The van der Waals surface area contributed by atoms with Crippen molar-refractivity contribution in [2.75, 3.05) is 6.54 Å². The minimum absolute atomic E-state index is 0.193. The average Bonchev–Trinajstić information content (AvgIpc) is 3.16. The van der Waals surface area contributed by atoms with Crippen LogP contribution in [0.5, 0.6) is 0 Å². The summed E-state index contributed by atoms with van der Waals surface area (Å²) in [6, 6.07) is 17.5. The van der Waals surface area contributed by atoms with Gasteiger partial charge in [-0.25, -0.2) is 4.39 Å². The maximum absolute atomic E-state index is 13.2. The normalized spacial score (nSPS) is 17.9. The van der Waals surface area contributed by atoms with Crippen LogP contribution in [0.1, 0.15) is 48.1 Å². The maximum Gasteiger partial charge on any atom is 0.240 e.